The van der Waals surface area contributed by atoms with Crippen LogP contribution >= 0.6 is 0 Å². The topological polar surface area (TPSA) is 53.2 Å². The van der Waals surface area contributed by atoms with Gasteiger partial charge in [0.15, 0.2) is 0 Å². The predicted molar refractivity (Wildman–Crippen MR) is 78.8 cm³/mol. The van der Waals surface area contributed by atoms with Gasteiger partial charge in [-0.1, -0.05) is 6.07 Å². The number of aromatic nitrogens is 1. The quantitative estimate of drug-likeness (QED) is 0.930. The summed E-state index contributed by atoms with van der Waals surface area (Å²) in [6.07, 6.45) is 3.51. The molecule has 2 rings (SSSR count). The van der Waals surface area contributed by atoms with E-state index in [1.807, 2.05) is 37.4 Å². The van der Waals surface area contributed by atoms with Crippen molar-refractivity contribution in [3.05, 3.63) is 36.0 Å². The molecule has 0 spiro atoms. The van der Waals surface area contributed by atoms with Gasteiger partial charge in [-0.2, -0.15) is 0 Å². The van der Waals surface area contributed by atoms with Gasteiger partial charge in [0, 0.05) is 53.2 Å². The molecule has 0 unspecified atom stereocenters. The molecule has 5 heteroatoms. The van der Waals surface area contributed by atoms with Crippen LogP contribution in [0, 0.1) is 0 Å². The SMILES string of the molecule is C[C@@H](C[S@](C)=O)N(C)C(=O)c1ccc2cc[nH]c2c1. The van der Waals surface area contributed by atoms with Crippen LogP contribution in [0.3, 0.4) is 0 Å². The van der Waals surface area contributed by atoms with Crippen molar-refractivity contribution >= 4 is 27.6 Å². The summed E-state index contributed by atoms with van der Waals surface area (Å²) in [5.41, 5.74) is 1.59. The van der Waals surface area contributed by atoms with Gasteiger partial charge in [0.25, 0.3) is 5.91 Å². The standard InChI is InChI=1S/C14H18N2O2S/c1-10(9-19(3)18)16(2)14(17)12-5-4-11-6-7-15-13(11)8-12/h4-8,10,15H,9H2,1-3H3/t10-,19-/m0/s1. The Labute approximate surface area is 115 Å². The minimum Gasteiger partial charge on any atom is -0.361 e. The number of aromatic amines is 1. The minimum atomic E-state index is -0.905. The summed E-state index contributed by atoms with van der Waals surface area (Å²) in [5, 5.41) is 1.09. The lowest BCUT2D eigenvalue weighted by molar-refractivity contribution is 0.0757. The smallest absolute Gasteiger partial charge is 0.253 e. The molecule has 0 saturated carbocycles. The van der Waals surface area contributed by atoms with Crippen LogP contribution in [0.4, 0.5) is 0 Å². The highest BCUT2D eigenvalue weighted by molar-refractivity contribution is 7.84. The van der Waals surface area contributed by atoms with Gasteiger partial charge in [-0.15, -0.1) is 0 Å². The number of carbonyl (C=O) groups excluding carboxylic acids is 1. The largest absolute Gasteiger partial charge is 0.361 e. The van der Waals surface area contributed by atoms with E-state index in [2.05, 4.69) is 4.98 Å². The normalized spacial score (nSPS) is 14.3. The molecular weight excluding hydrogens is 260 g/mol. The van der Waals surface area contributed by atoms with Gasteiger partial charge in [0.1, 0.15) is 0 Å². The maximum absolute atomic E-state index is 12.3. The van der Waals surface area contributed by atoms with E-state index in [9.17, 15) is 9.00 Å². The Bertz CT molecular complexity index is 621. The molecule has 1 aromatic carbocycles. The van der Waals surface area contributed by atoms with Crippen molar-refractivity contribution in [1.82, 2.24) is 9.88 Å². The predicted octanol–water partition coefficient (Wildman–Crippen LogP) is 2.01. The molecule has 19 heavy (non-hydrogen) atoms. The molecule has 0 radical (unpaired) electrons. The number of hydrogen-bond donors (Lipinski definition) is 1. The third-order valence-electron chi connectivity index (χ3n) is 3.26. The van der Waals surface area contributed by atoms with Crippen molar-refractivity contribution in [3.63, 3.8) is 0 Å². The molecule has 1 aromatic heterocycles. The number of benzene rings is 1. The van der Waals surface area contributed by atoms with E-state index in [0.717, 1.165) is 10.9 Å². The first-order valence-electron chi connectivity index (χ1n) is 6.13. The molecule has 0 saturated heterocycles. The van der Waals surface area contributed by atoms with Gasteiger partial charge < -0.3 is 9.88 Å². The first-order valence-corrected chi connectivity index (χ1v) is 7.86. The summed E-state index contributed by atoms with van der Waals surface area (Å²) in [6, 6.07) is 7.53. The summed E-state index contributed by atoms with van der Waals surface area (Å²) in [5.74, 6) is 0.446. The zero-order valence-corrected chi connectivity index (χ0v) is 12.2. The number of H-pyrrole nitrogens is 1. The zero-order chi connectivity index (χ0) is 14.0. The van der Waals surface area contributed by atoms with E-state index >= 15 is 0 Å². The van der Waals surface area contributed by atoms with Crippen molar-refractivity contribution in [2.75, 3.05) is 19.1 Å². The van der Waals surface area contributed by atoms with Gasteiger partial charge in [-0.05, 0) is 30.5 Å². The number of hydrogen-bond acceptors (Lipinski definition) is 2. The molecular formula is C14H18N2O2S. The van der Waals surface area contributed by atoms with Crippen molar-refractivity contribution in [2.24, 2.45) is 0 Å². The Balaban J connectivity index is 2.20. The van der Waals surface area contributed by atoms with E-state index in [1.165, 1.54) is 0 Å². The number of fused-ring (bicyclic) bond motifs is 1. The summed E-state index contributed by atoms with van der Waals surface area (Å²) < 4.78 is 11.2. The van der Waals surface area contributed by atoms with Crippen molar-refractivity contribution in [1.29, 1.82) is 0 Å². The average molecular weight is 278 g/mol. The molecule has 0 bridgehead atoms. The van der Waals surface area contributed by atoms with E-state index in [-0.39, 0.29) is 11.9 Å². The molecule has 1 amide bonds. The highest BCUT2D eigenvalue weighted by atomic mass is 32.2. The van der Waals surface area contributed by atoms with Gasteiger partial charge >= 0.3 is 0 Å². The van der Waals surface area contributed by atoms with Crippen molar-refractivity contribution in [3.8, 4) is 0 Å². The lowest BCUT2D eigenvalue weighted by Crippen LogP contribution is -2.38. The maximum Gasteiger partial charge on any atom is 0.253 e. The molecule has 1 N–H and O–H groups in total. The Kier molecular flexibility index (Phi) is 4.04. The number of nitrogens with one attached hydrogen (secondary N) is 1. The summed E-state index contributed by atoms with van der Waals surface area (Å²) in [7, 11) is 0.844. The number of rotatable bonds is 4. The van der Waals surface area contributed by atoms with Crippen LogP contribution in [0.15, 0.2) is 30.5 Å². The maximum atomic E-state index is 12.3. The Morgan fingerprint density at radius 3 is 2.84 bits per heavy atom. The Hall–Kier alpha value is -1.62. The summed E-state index contributed by atoms with van der Waals surface area (Å²) >= 11 is 0. The molecule has 4 nitrogen and oxygen atoms in total. The molecule has 0 aliphatic carbocycles. The first kappa shape index (κ1) is 13.8. The second kappa shape index (κ2) is 5.57. The highest BCUT2D eigenvalue weighted by Gasteiger charge is 2.18. The van der Waals surface area contributed by atoms with Crippen LogP contribution in [0.5, 0.6) is 0 Å². The minimum absolute atomic E-state index is 0.0438. The van der Waals surface area contributed by atoms with Gasteiger partial charge in [0.2, 0.25) is 0 Å². The van der Waals surface area contributed by atoms with Crippen LogP contribution in [-0.2, 0) is 10.8 Å². The molecule has 0 fully saturated rings. The van der Waals surface area contributed by atoms with Crippen LogP contribution in [0.2, 0.25) is 0 Å². The summed E-state index contributed by atoms with van der Waals surface area (Å²) in [6.45, 7) is 1.91. The Morgan fingerprint density at radius 2 is 2.16 bits per heavy atom. The van der Waals surface area contributed by atoms with Crippen molar-refractivity contribution in [2.45, 2.75) is 13.0 Å². The fraction of sp³-hybridized carbons (Fsp3) is 0.357. The second-order valence-corrected chi connectivity index (χ2v) is 6.26. The number of amides is 1. The molecule has 2 atom stereocenters. The van der Waals surface area contributed by atoms with Crippen LogP contribution in [-0.4, -0.2) is 45.1 Å². The van der Waals surface area contributed by atoms with E-state index in [1.54, 1.807) is 18.2 Å². The lowest BCUT2D eigenvalue weighted by atomic mass is 10.1. The fourth-order valence-electron chi connectivity index (χ4n) is 2.04. The van der Waals surface area contributed by atoms with Crippen LogP contribution in [0.1, 0.15) is 17.3 Å². The molecule has 2 aromatic rings. The number of carbonyl (C=O) groups is 1. The molecule has 102 valence electrons. The average Bonchev–Trinajstić information content (AvgIpc) is 2.83. The fourth-order valence-corrected chi connectivity index (χ4v) is 2.94. The second-order valence-electron chi connectivity index (χ2n) is 4.78. The molecule has 0 aliphatic heterocycles. The van der Waals surface area contributed by atoms with E-state index in [4.69, 9.17) is 0 Å². The van der Waals surface area contributed by atoms with Crippen LogP contribution < -0.4 is 0 Å². The Morgan fingerprint density at radius 1 is 1.42 bits per heavy atom. The van der Waals surface area contributed by atoms with Gasteiger partial charge in [0.05, 0.1) is 0 Å². The highest BCUT2D eigenvalue weighted by Crippen LogP contribution is 2.16. The third-order valence-corrected chi connectivity index (χ3v) is 4.21. The van der Waals surface area contributed by atoms with Crippen LogP contribution in [0.25, 0.3) is 10.9 Å². The van der Waals surface area contributed by atoms with Gasteiger partial charge in [-0.25, -0.2) is 0 Å². The first-order chi connectivity index (χ1) is 8.99. The zero-order valence-electron chi connectivity index (χ0n) is 11.3. The van der Waals surface area contributed by atoms with Gasteiger partial charge in [-0.3, -0.25) is 9.00 Å². The molecule has 0 aliphatic rings. The number of nitrogens with zero attached hydrogens (tertiary/aromatic N) is 1. The summed E-state index contributed by atoms with van der Waals surface area (Å²) in [4.78, 5) is 17.1. The van der Waals surface area contributed by atoms with Crippen molar-refractivity contribution < 1.29 is 9.00 Å². The lowest BCUT2D eigenvalue weighted by Gasteiger charge is -2.24. The monoisotopic (exact) mass is 278 g/mol. The van der Waals surface area contributed by atoms with E-state index in [0.29, 0.717) is 11.3 Å². The third kappa shape index (κ3) is 3.04. The molecule has 1 heterocycles. The van der Waals surface area contributed by atoms with E-state index < -0.39 is 10.8 Å².